The van der Waals surface area contributed by atoms with Crippen LogP contribution in [0.2, 0.25) is 5.02 Å². The Bertz CT molecular complexity index is 1220. The van der Waals surface area contributed by atoms with E-state index >= 15 is 0 Å². The zero-order chi connectivity index (χ0) is 17.5. The first kappa shape index (κ1) is 15.2. The van der Waals surface area contributed by atoms with Gasteiger partial charge in [0, 0.05) is 10.8 Å². The van der Waals surface area contributed by atoms with E-state index in [-0.39, 0.29) is 0 Å². The molecule has 0 aliphatic rings. The predicted molar refractivity (Wildman–Crippen MR) is 110 cm³/mol. The fourth-order valence-corrected chi connectivity index (χ4v) is 3.77. The molecular formula is C24H15ClO. The lowest BCUT2D eigenvalue weighted by Crippen LogP contribution is -1.81. The molecule has 4 aromatic carbocycles. The summed E-state index contributed by atoms with van der Waals surface area (Å²) in [6, 6.07) is 31.0. The van der Waals surface area contributed by atoms with E-state index in [1.807, 2.05) is 36.4 Å². The highest BCUT2D eigenvalue weighted by molar-refractivity contribution is 6.38. The fourth-order valence-electron chi connectivity index (χ4n) is 3.46. The summed E-state index contributed by atoms with van der Waals surface area (Å²) in [6.45, 7) is 0. The summed E-state index contributed by atoms with van der Waals surface area (Å²) in [5.41, 5.74) is 6.27. The van der Waals surface area contributed by atoms with E-state index in [1.54, 1.807) is 0 Å². The second-order valence-electron chi connectivity index (χ2n) is 6.37. The van der Waals surface area contributed by atoms with Gasteiger partial charge in [-0.05, 0) is 40.5 Å². The van der Waals surface area contributed by atoms with Gasteiger partial charge >= 0.3 is 0 Å². The van der Waals surface area contributed by atoms with Crippen molar-refractivity contribution in [2.45, 2.75) is 0 Å². The summed E-state index contributed by atoms with van der Waals surface area (Å²) >= 11 is 6.60. The molecule has 124 valence electrons. The number of hydrogen-bond donors (Lipinski definition) is 0. The highest BCUT2D eigenvalue weighted by Gasteiger charge is 2.12. The first-order valence-electron chi connectivity index (χ1n) is 8.56. The standard InChI is InChI=1S/C24H15ClO/c25-21-14-19(15-23-24(21)20-8-4-5-9-22(20)26-23)18-12-10-17(11-13-18)16-6-2-1-3-7-16/h1-15H. The molecule has 0 aliphatic carbocycles. The van der Waals surface area contributed by atoms with Crippen molar-refractivity contribution in [2.75, 3.05) is 0 Å². The van der Waals surface area contributed by atoms with Crippen LogP contribution in [0.5, 0.6) is 0 Å². The molecule has 0 amide bonds. The number of rotatable bonds is 2. The molecule has 0 N–H and O–H groups in total. The highest BCUT2D eigenvalue weighted by Crippen LogP contribution is 2.37. The van der Waals surface area contributed by atoms with Gasteiger partial charge in [-0.25, -0.2) is 0 Å². The van der Waals surface area contributed by atoms with Crippen LogP contribution < -0.4 is 0 Å². The summed E-state index contributed by atoms with van der Waals surface area (Å²) < 4.78 is 6.00. The van der Waals surface area contributed by atoms with Gasteiger partial charge in [-0.1, -0.05) is 84.4 Å². The summed E-state index contributed by atoms with van der Waals surface area (Å²) in [4.78, 5) is 0. The third kappa shape index (κ3) is 2.49. The maximum atomic E-state index is 6.60. The van der Waals surface area contributed by atoms with Gasteiger partial charge in [0.15, 0.2) is 0 Å². The molecule has 0 bridgehead atoms. The minimum absolute atomic E-state index is 0.717. The molecule has 5 aromatic rings. The largest absolute Gasteiger partial charge is 0.456 e. The van der Waals surface area contributed by atoms with Gasteiger partial charge < -0.3 is 4.42 Å². The minimum atomic E-state index is 0.717. The first-order chi connectivity index (χ1) is 12.8. The van der Waals surface area contributed by atoms with Crippen molar-refractivity contribution in [3.05, 3.63) is 96.0 Å². The average molecular weight is 355 g/mol. The Kier molecular flexibility index (Phi) is 3.55. The molecule has 2 heteroatoms. The number of halogens is 1. The Balaban J connectivity index is 1.62. The van der Waals surface area contributed by atoms with Crippen molar-refractivity contribution in [1.82, 2.24) is 0 Å². The predicted octanol–water partition coefficient (Wildman–Crippen LogP) is 7.57. The topological polar surface area (TPSA) is 13.1 Å². The Morgan fingerprint density at radius 1 is 0.538 bits per heavy atom. The molecule has 1 nitrogen and oxygen atoms in total. The lowest BCUT2D eigenvalue weighted by atomic mass is 9.99. The Labute approximate surface area is 156 Å². The normalized spacial score (nSPS) is 11.3. The van der Waals surface area contributed by atoms with Gasteiger partial charge in [-0.15, -0.1) is 0 Å². The number of benzene rings is 4. The maximum Gasteiger partial charge on any atom is 0.137 e. The zero-order valence-electron chi connectivity index (χ0n) is 13.9. The third-order valence-corrected chi connectivity index (χ3v) is 5.05. The van der Waals surface area contributed by atoms with Crippen molar-refractivity contribution < 1.29 is 4.42 Å². The molecule has 0 atom stereocenters. The van der Waals surface area contributed by atoms with Gasteiger partial charge in [-0.3, -0.25) is 0 Å². The van der Waals surface area contributed by atoms with Crippen LogP contribution in [0.1, 0.15) is 0 Å². The van der Waals surface area contributed by atoms with Crippen LogP contribution in [0.15, 0.2) is 95.4 Å². The van der Waals surface area contributed by atoms with E-state index < -0.39 is 0 Å². The number of furan rings is 1. The van der Waals surface area contributed by atoms with Gasteiger partial charge in [0.25, 0.3) is 0 Å². The van der Waals surface area contributed by atoms with Gasteiger partial charge in [0.1, 0.15) is 11.2 Å². The first-order valence-corrected chi connectivity index (χ1v) is 8.94. The fraction of sp³-hybridized carbons (Fsp3) is 0. The van der Waals surface area contributed by atoms with Crippen molar-refractivity contribution in [1.29, 1.82) is 0 Å². The lowest BCUT2D eigenvalue weighted by molar-refractivity contribution is 0.669. The molecule has 0 radical (unpaired) electrons. The van der Waals surface area contributed by atoms with Crippen LogP contribution in [0.3, 0.4) is 0 Å². The molecule has 0 unspecified atom stereocenters. The molecule has 0 fully saturated rings. The second kappa shape index (κ2) is 6.05. The zero-order valence-corrected chi connectivity index (χ0v) is 14.7. The van der Waals surface area contributed by atoms with Crippen molar-refractivity contribution in [3.63, 3.8) is 0 Å². The van der Waals surface area contributed by atoms with Crippen LogP contribution >= 0.6 is 11.6 Å². The monoisotopic (exact) mass is 354 g/mol. The van der Waals surface area contributed by atoms with Crippen LogP contribution in [0.25, 0.3) is 44.2 Å². The molecule has 1 aromatic heterocycles. The number of fused-ring (bicyclic) bond motifs is 3. The SMILES string of the molecule is Clc1cc(-c2ccc(-c3ccccc3)cc2)cc2oc3ccccc3c12. The van der Waals surface area contributed by atoms with Gasteiger partial charge in [0.05, 0.1) is 5.02 Å². The average Bonchev–Trinajstić information content (AvgIpc) is 3.08. The molecule has 0 spiro atoms. The van der Waals surface area contributed by atoms with Crippen molar-refractivity contribution in [2.24, 2.45) is 0 Å². The smallest absolute Gasteiger partial charge is 0.137 e. The molecule has 26 heavy (non-hydrogen) atoms. The molecule has 5 rings (SSSR count). The molecule has 0 saturated heterocycles. The summed E-state index contributed by atoms with van der Waals surface area (Å²) in [5.74, 6) is 0. The van der Waals surface area contributed by atoms with E-state index in [4.69, 9.17) is 16.0 Å². The van der Waals surface area contributed by atoms with E-state index in [0.717, 1.165) is 38.1 Å². The summed E-state index contributed by atoms with van der Waals surface area (Å²) in [5, 5.41) is 2.75. The molecule has 0 aliphatic heterocycles. The van der Waals surface area contributed by atoms with E-state index in [0.29, 0.717) is 0 Å². The number of para-hydroxylation sites is 1. The van der Waals surface area contributed by atoms with Crippen molar-refractivity contribution >= 4 is 33.5 Å². The maximum absolute atomic E-state index is 6.60. The van der Waals surface area contributed by atoms with Gasteiger partial charge in [0.2, 0.25) is 0 Å². The minimum Gasteiger partial charge on any atom is -0.456 e. The van der Waals surface area contributed by atoms with E-state index in [2.05, 4.69) is 54.6 Å². The summed E-state index contributed by atoms with van der Waals surface area (Å²) in [7, 11) is 0. The van der Waals surface area contributed by atoms with E-state index in [9.17, 15) is 0 Å². The quantitative estimate of drug-likeness (QED) is 0.318. The lowest BCUT2D eigenvalue weighted by Gasteiger charge is -2.06. The van der Waals surface area contributed by atoms with Crippen LogP contribution in [-0.4, -0.2) is 0 Å². The molecular weight excluding hydrogens is 340 g/mol. The van der Waals surface area contributed by atoms with Gasteiger partial charge in [-0.2, -0.15) is 0 Å². The second-order valence-corrected chi connectivity index (χ2v) is 6.78. The van der Waals surface area contributed by atoms with Crippen LogP contribution in [0.4, 0.5) is 0 Å². The molecule has 1 heterocycles. The third-order valence-electron chi connectivity index (χ3n) is 4.76. The van der Waals surface area contributed by atoms with Crippen LogP contribution in [-0.2, 0) is 0 Å². The van der Waals surface area contributed by atoms with Crippen LogP contribution in [0, 0.1) is 0 Å². The Hall–Kier alpha value is -3.03. The van der Waals surface area contributed by atoms with Crippen molar-refractivity contribution in [3.8, 4) is 22.3 Å². The Morgan fingerprint density at radius 3 is 1.92 bits per heavy atom. The molecule has 0 saturated carbocycles. The number of hydrogen-bond acceptors (Lipinski definition) is 1. The van der Waals surface area contributed by atoms with E-state index in [1.165, 1.54) is 11.1 Å². The highest BCUT2D eigenvalue weighted by atomic mass is 35.5. The Morgan fingerprint density at radius 2 is 1.15 bits per heavy atom. The summed E-state index contributed by atoms with van der Waals surface area (Å²) in [6.07, 6.45) is 0.